The molecule has 0 saturated heterocycles. The molecule has 0 bridgehead atoms. The van der Waals surface area contributed by atoms with E-state index >= 15 is 0 Å². The molecule has 1 aliphatic heterocycles. The van der Waals surface area contributed by atoms with Crippen molar-refractivity contribution in [2.24, 2.45) is 10.7 Å². The fraction of sp³-hybridized carbons (Fsp3) is 0.667. The molecule has 0 saturated carbocycles. The highest BCUT2D eigenvalue weighted by Crippen LogP contribution is 2.15. The van der Waals surface area contributed by atoms with Gasteiger partial charge in [-0.1, -0.05) is 38.0 Å². The van der Waals surface area contributed by atoms with Gasteiger partial charge in [0.1, 0.15) is 0 Å². The van der Waals surface area contributed by atoms with Gasteiger partial charge in [-0.05, 0) is 38.2 Å². The first kappa shape index (κ1) is 14.2. The summed E-state index contributed by atoms with van der Waals surface area (Å²) in [5.74, 6) is 0. The van der Waals surface area contributed by atoms with Crippen LogP contribution in [0.5, 0.6) is 0 Å². The normalized spacial score (nSPS) is 19.2. The fourth-order valence-corrected chi connectivity index (χ4v) is 2.04. The lowest BCUT2D eigenvalue weighted by molar-refractivity contribution is 0.681. The number of unbranched alkanes of at least 4 members (excludes halogenated alkanes) is 2. The smallest absolute Gasteiger partial charge is 0.0659 e. The minimum Gasteiger partial charge on any atom is -0.328 e. The summed E-state index contributed by atoms with van der Waals surface area (Å²) in [6.07, 6.45) is 12.5. The molecular weight excluding hydrogens is 208 g/mol. The van der Waals surface area contributed by atoms with Crippen molar-refractivity contribution in [2.45, 2.75) is 57.9 Å². The van der Waals surface area contributed by atoms with E-state index in [1.54, 1.807) is 0 Å². The summed E-state index contributed by atoms with van der Waals surface area (Å²) in [4.78, 5) is 4.63. The van der Waals surface area contributed by atoms with Gasteiger partial charge < -0.3 is 5.73 Å². The molecule has 0 spiro atoms. The zero-order valence-corrected chi connectivity index (χ0v) is 11.1. The van der Waals surface area contributed by atoms with Crippen molar-refractivity contribution in [3.63, 3.8) is 0 Å². The predicted molar refractivity (Wildman–Crippen MR) is 76.6 cm³/mol. The van der Waals surface area contributed by atoms with Crippen LogP contribution in [-0.4, -0.2) is 18.3 Å². The van der Waals surface area contributed by atoms with Crippen LogP contribution < -0.4 is 5.73 Å². The number of allylic oxidation sites excluding steroid dienone is 2. The Bertz CT molecular complexity index is 289. The lowest BCUT2D eigenvalue weighted by Crippen LogP contribution is -2.21. The van der Waals surface area contributed by atoms with E-state index in [-0.39, 0.29) is 0 Å². The van der Waals surface area contributed by atoms with Gasteiger partial charge in [0.05, 0.1) is 6.04 Å². The zero-order chi connectivity index (χ0) is 12.5. The van der Waals surface area contributed by atoms with Crippen LogP contribution in [0, 0.1) is 0 Å². The Morgan fingerprint density at radius 3 is 3.00 bits per heavy atom. The van der Waals surface area contributed by atoms with Crippen LogP contribution in [0.15, 0.2) is 29.3 Å². The van der Waals surface area contributed by atoms with E-state index in [0.29, 0.717) is 12.6 Å². The van der Waals surface area contributed by atoms with Crippen molar-refractivity contribution in [1.82, 2.24) is 0 Å². The van der Waals surface area contributed by atoms with Crippen LogP contribution in [0.4, 0.5) is 0 Å². The van der Waals surface area contributed by atoms with Crippen LogP contribution >= 0.6 is 0 Å². The number of nitrogens with two attached hydrogens (primary N) is 1. The summed E-state index contributed by atoms with van der Waals surface area (Å²) in [5.41, 5.74) is 8.21. The van der Waals surface area contributed by atoms with Gasteiger partial charge in [-0.25, -0.2) is 0 Å². The van der Waals surface area contributed by atoms with Crippen LogP contribution in [0.1, 0.15) is 51.9 Å². The maximum absolute atomic E-state index is 5.64. The van der Waals surface area contributed by atoms with E-state index < -0.39 is 0 Å². The predicted octanol–water partition coefficient (Wildman–Crippen LogP) is 3.63. The molecule has 2 N–H and O–H groups in total. The molecule has 2 heteroatoms. The second-order valence-corrected chi connectivity index (χ2v) is 4.86. The number of hydrogen-bond acceptors (Lipinski definition) is 2. The molecule has 0 fully saturated rings. The number of aliphatic imine (C=N–C) groups is 1. The largest absolute Gasteiger partial charge is 0.328 e. The Labute approximate surface area is 106 Å². The first-order valence-corrected chi connectivity index (χ1v) is 6.86. The zero-order valence-electron chi connectivity index (χ0n) is 11.1. The van der Waals surface area contributed by atoms with Gasteiger partial charge in [-0.2, -0.15) is 0 Å². The highest BCUT2D eigenvalue weighted by atomic mass is 14.8. The molecule has 0 aromatic carbocycles. The van der Waals surface area contributed by atoms with E-state index in [1.165, 1.54) is 37.0 Å². The summed E-state index contributed by atoms with van der Waals surface area (Å²) in [6, 6.07) is 0.309. The molecular formula is C15H26N2. The second kappa shape index (κ2) is 8.24. The molecule has 0 radical (unpaired) electrons. The van der Waals surface area contributed by atoms with Gasteiger partial charge in [-0.15, -0.1) is 0 Å². The lowest BCUT2D eigenvalue weighted by Gasteiger charge is -2.14. The van der Waals surface area contributed by atoms with Crippen molar-refractivity contribution >= 4 is 5.71 Å². The molecule has 17 heavy (non-hydrogen) atoms. The number of rotatable bonds is 8. The second-order valence-electron chi connectivity index (χ2n) is 4.86. The summed E-state index contributed by atoms with van der Waals surface area (Å²) in [7, 11) is 0. The maximum Gasteiger partial charge on any atom is 0.0659 e. The molecule has 96 valence electrons. The van der Waals surface area contributed by atoms with E-state index in [1.807, 2.05) is 0 Å². The van der Waals surface area contributed by atoms with Gasteiger partial charge >= 0.3 is 0 Å². The van der Waals surface area contributed by atoms with E-state index in [4.69, 9.17) is 5.73 Å². The van der Waals surface area contributed by atoms with E-state index in [2.05, 4.69) is 30.6 Å². The quantitative estimate of drug-likeness (QED) is 0.505. The molecule has 0 aromatic rings. The van der Waals surface area contributed by atoms with Crippen LogP contribution in [0.3, 0.4) is 0 Å². The third-order valence-corrected chi connectivity index (χ3v) is 3.21. The molecule has 1 aliphatic rings. The number of hydrogen-bond donors (Lipinski definition) is 1. The maximum atomic E-state index is 5.64. The Balaban J connectivity index is 2.23. The van der Waals surface area contributed by atoms with E-state index in [9.17, 15) is 0 Å². The average Bonchev–Trinajstić information content (AvgIpc) is 2.37. The van der Waals surface area contributed by atoms with Gasteiger partial charge in [-0.3, -0.25) is 4.99 Å². The highest BCUT2D eigenvalue weighted by molar-refractivity contribution is 5.95. The topological polar surface area (TPSA) is 38.4 Å². The average molecular weight is 234 g/mol. The van der Waals surface area contributed by atoms with Crippen LogP contribution in [0.25, 0.3) is 0 Å². The van der Waals surface area contributed by atoms with Gasteiger partial charge in [0.2, 0.25) is 0 Å². The summed E-state index contributed by atoms with van der Waals surface area (Å²) in [6.45, 7) is 7.04. The number of nitrogens with zero attached hydrogens (tertiary/aromatic N) is 1. The summed E-state index contributed by atoms with van der Waals surface area (Å²) >= 11 is 0. The van der Waals surface area contributed by atoms with E-state index in [0.717, 1.165) is 19.3 Å². The molecule has 1 heterocycles. The van der Waals surface area contributed by atoms with Crippen LogP contribution in [0.2, 0.25) is 0 Å². The first-order valence-electron chi connectivity index (χ1n) is 6.86. The van der Waals surface area contributed by atoms with Gasteiger partial charge in [0.25, 0.3) is 0 Å². The third-order valence-electron chi connectivity index (χ3n) is 3.21. The standard InChI is InChI=1S/C15H26N2/c1-3-4-5-7-13(2)10-11-14-8-6-9-15(12-16)17-14/h6,8,15H,2-5,7,9-12,16H2,1H3. The molecule has 2 nitrogen and oxygen atoms in total. The Morgan fingerprint density at radius 1 is 1.47 bits per heavy atom. The monoisotopic (exact) mass is 234 g/mol. The highest BCUT2D eigenvalue weighted by Gasteiger charge is 2.08. The number of dihydropyridines is 1. The van der Waals surface area contributed by atoms with Crippen LogP contribution in [-0.2, 0) is 0 Å². The molecule has 0 aliphatic carbocycles. The van der Waals surface area contributed by atoms with Crippen molar-refractivity contribution in [3.8, 4) is 0 Å². The Hall–Kier alpha value is -0.890. The van der Waals surface area contributed by atoms with Gasteiger partial charge in [0, 0.05) is 12.3 Å². The van der Waals surface area contributed by atoms with Crippen molar-refractivity contribution in [3.05, 3.63) is 24.3 Å². The van der Waals surface area contributed by atoms with Crippen molar-refractivity contribution < 1.29 is 0 Å². The fourth-order valence-electron chi connectivity index (χ4n) is 2.04. The SMILES string of the molecule is C=C(CCCCC)CCC1=NC(CN)CC=C1. The Morgan fingerprint density at radius 2 is 2.29 bits per heavy atom. The summed E-state index contributed by atoms with van der Waals surface area (Å²) < 4.78 is 0. The van der Waals surface area contributed by atoms with Crippen molar-refractivity contribution in [2.75, 3.05) is 6.54 Å². The molecule has 1 rings (SSSR count). The molecule has 0 amide bonds. The van der Waals surface area contributed by atoms with Crippen molar-refractivity contribution in [1.29, 1.82) is 0 Å². The molecule has 0 aromatic heterocycles. The summed E-state index contributed by atoms with van der Waals surface area (Å²) in [5, 5.41) is 0. The minimum absolute atomic E-state index is 0.309. The minimum atomic E-state index is 0.309. The lowest BCUT2D eigenvalue weighted by atomic mass is 10.0. The third kappa shape index (κ3) is 5.83. The first-order chi connectivity index (χ1) is 8.26. The molecule has 1 atom stereocenters. The van der Waals surface area contributed by atoms with Gasteiger partial charge in [0.15, 0.2) is 0 Å². The molecule has 1 unspecified atom stereocenters. The Kier molecular flexibility index (Phi) is 6.87.